The molecule has 1 aliphatic heterocycles. The smallest absolute Gasteiger partial charge is 0.260 e. The van der Waals surface area contributed by atoms with Crippen LogP contribution in [-0.4, -0.2) is 36.3 Å². The Morgan fingerprint density at radius 2 is 1.43 bits per heavy atom. The van der Waals surface area contributed by atoms with Crippen molar-refractivity contribution in [2.75, 3.05) is 25.4 Å². The normalized spacial score (nSPS) is 15.7. The zero-order chi connectivity index (χ0) is 20.6. The lowest BCUT2D eigenvalue weighted by molar-refractivity contribution is -0.127. The summed E-state index contributed by atoms with van der Waals surface area (Å²) in [7, 11) is 0. The first-order valence-corrected chi connectivity index (χ1v) is 11.2. The highest BCUT2D eigenvalue weighted by Gasteiger charge is 2.24. The summed E-state index contributed by atoms with van der Waals surface area (Å²) in [6, 6.07) is 30.5. The van der Waals surface area contributed by atoms with Gasteiger partial charge in [-0.3, -0.25) is 4.79 Å². The number of ether oxygens (including phenoxy) is 1. The van der Waals surface area contributed by atoms with Gasteiger partial charge < -0.3 is 9.64 Å². The van der Waals surface area contributed by atoms with E-state index in [2.05, 4.69) is 24.3 Å². The molecule has 152 valence electrons. The molecule has 0 saturated carbocycles. The van der Waals surface area contributed by atoms with Gasteiger partial charge in [0.05, 0.1) is 11.5 Å². The number of nitrogens with zero attached hydrogens (tertiary/aromatic N) is 1. The average molecular weight is 416 g/mol. The number of carbonyl (C=O) groups is 1. The van der Waals surface area contributed by atoms with E-state index in [0.717, 1.165) is 33.9 Å². The van der Waals surface area contributed by atoms with E-state index in [9.17, 15) is 4.79 Å². The molecule has 0 N–H and O–H groups in total. The van der Waals surface area contributed by atoms with E-state index in [-0.39, 0.29) is 12.0 Å². The number of thioether (sulfide) groups is 1. The molecule has 0 atom stereocenters. The largest absolute Gasteiger partial charge is 0.367 e. The Morgan fingerprint density at radius 3 is 2.03 bits per heavy atom. The van der Waals surface area contributed by atoms with Crippen LogP contribution in [0.25, 0.3) is 6.08 Å². The number of benzene rings is 3. The molecule has 0 radical (unpaired) electrons. The summed E-state index contributed by atoms with van der Waals surface area (Å²) < 4.78 is 6.30. The van der Waals surface area contributed by atoms with Crippen LogP contribution < -0.4 is 0 Å². The third-order valence-electron chi connectivity index (χ3n) is 5.06. The van der Waals surface area contributed by atoms with Crippen molar-refractivity contribution in [1.82, 2.24) is 4.90 Å². The summed E-state index contributed by atoms with van der Waals surface area (Å²) in [5, 5.41) is 0. The summed E-state index contributed by atoms with van der Waals surface area (Å²) in [5.41, 5.74) is 3.29. The number of rotatable bonds is 7. The van der Waals surface area contributed by atoms with Crippen molar-refractivity contribution in [3.05, 3.63) is 113 Å². The van der Waals surface area contributed by atoms with Gasteiger partial charge in [0, 0.05) is 18.8 Å². The molecule has 1 heterocycles. The molecule has 0 unspecified atom stereocenters. The first-order valence-electron chi connectivity index (χ1n) is 10.2. The number of hydrogen-bond donors (Lipinski definition) is 0. The van der Waals surface area contributed by atoms with E-state index in [4.69, 9.17) is 4.74 Å². The van der Waals surface area contributed by atoms with Crippen molar-refractivity contribution in [3.63, 3.8) is 0 Å². The molecule has 3 aromatic carbocycles. The van der Waals surface area contributed by atoms with Crippen LogP contribution in [0.1, 0.15) is 22.8 Å². The topological polar surface area (TPSA) is 29.5 Å². The van der Waals surface area contributed by atoms with Gasteiger partial charge in [0.2, 0.25) is 0 Å². The fourth-order valence-corrected chi connectivity index (χ4v) is 4.53. The maximum Gasteiger partial charge on any atom is 0.260 e. The molecule has 0 bridgehead atoms. The lowest BCUT2D eigenvalue weighted by Crippen LogP contribution is -2.39. The maximum atomic E-state index is 12.9. The van der Waals surface area contributed by atoms with Crippen molar-refractivity contribution >= 4 is 23.7 Å². The third kappa shape index (κ3) is 5.21. The highest BCUT2D eigenvalue weighted by Crippen LogP contribution is 2.28. The van der Waals surface area contributed by atoms with Crippen molar-refractivity contribution in [1.29, 1.82) is 0 Å². The minimum atomic E-state index is -0.138. The molecule has 0 aromatic heterocycles. The van der Waals surface area contributed by atoms with Crippen molar-refractivity contribution < 1.29 is 9.53 Å². The van der Waals surface area contributed by atoms with Gasteiger partial charge in [-0.05, 0) is 22.8 Å². The summed E-state index contributed by atoms with van der Waals surface area (Å²) in [6.45, 7) is 1.82. The number of amides is 1. The van der Waals surface area contributed by atoms with E-state index in [1.165, 1.54) is 0 Å². The minimum Gasteiger partial charge on any atom is -0.367 e. The van der Waals surface area contributed by atoms with Crippen molar-refractivity contribution in [2.45, 2.75) is 6.10 Å². The molecule has 3 aromatic rings. The van der Waals surface area contributed by atoms with Gasteiger partial charge in [-0.1, -0.05) is 91.0 Å². The first-order chi connectivity index (χ1) is 14.8. The Kier molecular flexibility index (Phi) is 7.01. The van der Waals surface area contributed by atoms with E-state index >= 15 is 0 Å². The van der Waals surface area contributed by atoms with Gasteiger partial charge in [-0.2, -0.15) is 0 Å². The molecule has 1 saturated heterocycles. The lowest BCUT2D eigenvalue weighted by atomic mass is 10.0. The van der Waals surface area contributed by atoms with Gasteiger partial charge in [-0.15, -0.1) is 11.8 Å². The van der Waals surface area contributed by atoms with Crippen LogP contribution in [0.5, 0.6) is 0 Å². The molecule has 1 fully saturated rings. The van der Waals surface area contributed by atoms with E-state index in [1.54, 1.807) is 11.8 Å². The Morgan fingerprint density at radius 1 is 0.867 bits per heavy atom. The van der Waals surface area contributed by atoms with Crippen LogP contribution in [-0.2, 0) is 9.53 Å². The highest BCUT2D eigenvalue weighted by molar-refractivity contribution is 8.04. The minimum absolute atomic E-state index is 0.0923. The van der Waals surface area contributed by atoms with Crippen molar-refractivity contribution in [2.24, 2.45) is 0 Å². The molecule has 4 rings (SSSR count). The lowest BCUT2D eigenvalue weighted by Gasteiger charge is -2.29. The van der Waals surface area contributed by atoms with E-state index in [0.29, 0.717) is 13.2 Å². The van der Waals surface area contributed by atoms with Gasteiger partial charge in [0.15, 0.2) is 0 Å². The summed E-state index contributed by atoms with van der Waals surface area (Å²) in [4.78, 5) is 15.6. The second-order valence-electron chi connectivity index (χ2n) is 7.13. The Balaban J connectivity index is 1.42. The van der Waals surface area contributed by atoms with Crippen LogP contribution in [0, 0.1) is 0 Å². The monoisotopic (exact) mass is 415 g/mol. The predicted molar refractivity (Wildman–Crippen MR) is 124 cm³/mol. The molecule has 0 aliphatic carbocycles. The van der Waals surface area contributed by atoms with Crippen LogP contribution >= 0.6 is 11.8 Å². The van der Waals surface area contributed by atoms with Gasteiger partial charge in [0.25, 0.3) is 5.91 Å². The standard InChI is InChI=1S/C26H25NO2S/c28-26-24(20-21-10-4-1-5-11-21)30-19-17-27(26)16-18-29-25(22-12-6-2-7-13-22)23-14-8-3-9-15-23/h1-15,20,25H,16-19H2. The Hall–Kier alpha value is -2.82. The predicted octanol–water partition coefficient (Wildman–Crippen LogP) is 5.41. The van der Waals surface area contributed by atoms with E-state index < -0.39 is 0 Å². The quantitative estimate of drug-likeness (QED) is 0.483. The fraction of sp³-hybridized carbons (Fsp3) is 0.192. The second kappa shape index (κ2) is 10.3. The SMILES string of the molecule is O=C1C(=Cc2ccccc2)SCCN1CCOC(c1ccccc1)c1ccccc1. The Bertz CT molecular complexity index is 934. The van der Waals surface area contributed by atoms with Crippen molar-refractivity contribution in [3.8, 4) is 0 Å². The Labute approximate surface area is 182 Å². The third-order valence-corrected chi connectivity index (χ3v) is 6.05. The van der Waals surface area contributed by atoms with Crippen LogP contribution in [0.2, 0.25) is 0 Å². The van der Waals surface area contributed by atoms with E-state index in [1.807, 2.05) is 77.7 Å². The van der Waals surface area contributed by atoms with Gasteiger partial charge in [-0.25, -0.2) is 0 Å². The summed E-state index contributed by atoms with van der Waals surface area (Å²) >= 11 is 1.63. The molecule has 1 aliphatic rings. The van der Waals surface area contributed by atoms with Gasteiger partial charge in [0.1, 0.15) is 6.10 Å². The maximum absolute atomic E-state index is 12.9. The molecule has 1 amide bonds. The van der Waals surface area contributed by atoms with Crippen LogP contribution in [0.3, 0.4) is 0 Å². The molecule has 30 heavy (non-hydrogen) atoms. The zero-order valence-corrected chi connectivity index (χ0v) is 17.6. The highest BCUT2D eigenvalue weighted by atomic mass is 32.2. The number of hydrogen-bond acceptors (Lipinski definition) is 3. The van der Waals surface area contributed by atoms with Crippen LogP contribution in [0.4, 0.5) is 0 Å². The second-order valence-corrected chi connectivity index (χ2v) is 8.27. The fourth-order valence-electron chi connectivity index (χ4n) is 3.52. The summed E-state index contributed by atoms with van der Waals surface area (Å²) in [5.74, 6) is 1.00. The van der Waals surface area contributed by atoms with Crippen LogP contribution in [0.15, 0.2) is 95.9 Å². The molecule has 4 heteroatoms. The molecule has 0 spiro atoms. The molecule has 3 nitrogen and oxygen atoms in total. The summed E-state index contributed by atoms with van der Waals surface area (Å²) in [6.07, 6.45) is 1.84. The molecular weight excluding hydrogens is 390 g/mol. The first kappa shape index (κ1) is 20.5. The zero-order valence-electron chi connectivity index (χ0n) is 16.8. The number of carbonyl (C=O) groups excluding carboxylic acids is 1. The average Bonchev–Trinajstić information content (AvgIpc) is 2.81. The molecular formula is C26H25NO2S. The van der Waals surface area contributed by atoms with Gasteiger partial charge >= 0.3 is 0 Å².